The summed E-state index contributed by atoms with van der Waals surface area (Å²) in [5, 5.41) is 0. The van der Waals surface area contributed by atoms with Crippen LogP contribution in [0.25, 0.3) is 28.6 Å². The van der Waals surface area contributed by atoms with Gasteiger partial charge in [0.15, 0.2) is 5.69 Å². The highest BCUT2D eigenvalue weighted by Crippen LogP contribution is 2.29. The van der Waals surface area contributed by atoms with Gasteiger partial charge in [0.05, 0.1) is 0 Å². The van der Waals surface area contributed by atoms with Crippen molar-refractivity contribution < 1.29 is 8.98 Å². The van der Waals surface area contributed by atoms with Crippen molar-refractivity contribution in [3.8, 4) is 11.6 Å². The Kier molecular flexibility index (Phi) is 1.46. The average molecular weight is 249 g/mol. The topological polar surface area (TPSA) is 47.2 Å². The summed E-state index contributed by atoms with van der Waals surface area (Å²) in [5.74, 6) is 0.798. The minimum absolute atomic E-state index is 0.773. The third-order valence-electron chi connectivity index (χ3n) is 3.59. The standard InChI is InChI=1S/C14H9N4O/c1-2-7-17-10(5-1)16-12-14(17)19-13-11-9(8-18(12)13)4-3-6-15-11/h1-7H,8H2/q+1. The first-order chi connectivity index (χ1) is 9.42. The zero-order chi connectivity index (χ0) is 12.4. The van der Waals surface area contributed by atoms with E-state index in [0.717, 1.165) is 35.1 Å². The number of nitrogens with zero attached hydrogens (tertiary/aromatic N) is 4. The van der Waals surface area contributed by atoms with Gasteiger partial charge in [-0.15, -0.1) is 0 Å². The fourth-order valence-corrected chi connectivity index (χ4v) is 2.73. The number of pyridine rings is 2. The summed E-state index contributed by atoms with van der Waals surface area (Å²) < 4.78 is 10.0. The molecule has 0 amide bonds. The van der Waals surface area contributed by atoms with Gasteiger partial charge in [-0.05, 0) is 17.1 Å². The molecule has 4 aromatic rings. The van der Waals surface area contributed by atoms with Crippen molar-refractivity contribution in [3.63, 3.8) is 0 Å². The number of rotatable bonds is 0. The van der Waals surface area contributed by atoms with E-state index in [2.05, 4.69) is 20.6 Å². The number of hydrogen-bond acceptors (Lipinski definition) is 3. The molecular formula is C14H9N4O+. The van der Waals surface area contributed by atoms with Gasteiger partial charge in [0, 0.05) is 24.0 Å². The Morgan fingerprint density at radius 1 is 1.21 bits per heavy atom. The van der Waals surface area contributed by atoms with Gasteiger partial charge >= 0.3 is 17.3 Å². The van der Waals surface area contributed by atoms with Crippen molar-refractivity contribution in [2.24, 2.45) is 0 Å². The van der Waals surface area contributed by atoms with E-state index < -0.39 is 0 Å². The summed E-state index contributed by atoms with van der Waals surface area (Å²) in [6, 6.07) is 9.95. The minimum Gasteiger partial charge on any atom is -0.395 e. The maximum absolute atomic E-state index is 5.99. The van der Waals surface area contributed by atoms with Crippen LogP contribution in [0.5, 0.6) is 0 Å². The molecule has 4 aromatic heterocycles. The SMILES string of the molecule is c1cnc2c(c1)C[n+]1c-2oc2c1nc1ccccn12. The molecule has 5 heteroatoms. The van der Waals surface area contributed by atoms with Crippen LogP contribution in [0.1, 0.15) is 5.56 Å². The fraction of sp³-hybridized carbons (Fsp3) is 0.0714. The summed E-state index contributed by atoms with van der Waals surface area (Å²) >= 11 is 0. The first-order valence-electron chi connectivity index (χ1n) is 6.15. The Hall–Kier alpha value is -2.69. The minimum atomic E-state index is 0.773. The molecule has 0 spiro atoms. The molecule has 5 nitrogen and oxygen atoms in total. The van der Waals surface area contributed by atoms with Crippen LogP contribution in [0.15, 0.2) is 47.1 Å². The average Bonchev–Trinajstić information content (AvgIpc) is 3.07. The highest BCUT2D eigenvalue weighted by Gasteiger charge is 2.34. The van der Waals surface area contributed by atoms with Crippen LogP contribution in [0.2, 0.25) is 0 Å². The van der Waals surface area contributed by atoms with Gasteiger partial charge in [0.25, 0.3) is 5.65 Å². The zero-order valence-electron chi connectivity index (χ0n) is 9.95. The predicted octanol–water partition coefficient (Wildman–Crippen LogP) is 1.79. The molecule has 1 aliphatic rings. The number of fused-ring (bicyclic) bond motifs is 7. The van der Waals surface area contributed by atoms with Crippen molar-refractivity contribution in [2.75, 3.05) is 0 Å². The first-order valence-corrected chi connectivity index (χ1v) is 6.15. The number of aromatic nitrogens is 4. The normalized spacial score (nSPS) is 13.1. The molecule has 0 fully saturated rings. The lowest BCUT2D eigenvalue weighted by Gasteiger charge is -1.91. The fourth-order valence-electron chi connectivity index (χ4n) is 2.73. The van der Waals surface area contributed by atoms with Crippen LogP contribution in [-0.2, 0) is 6.54 Å². The molecule has 0 saturated heterocycles. The molecule has 0 aromatic carbocycles. The molecule has 0 atom stereocenters. The molecule has 0 N–H and O–H groups in total. The van der Waals surface area contributed by atoms with Gasteiger partial charge in [0.1, 0.15) is 6.54 Å². The lowest BCUT2D eigenvalue weighted by Crippen LogP contribution is -2.30. The molecule has 1 aliphatic heterocycles. The molecule has 90 valence electrons. The molecular weight excluding hydrogens is 240 g/mol. The van der Waals surface area contributed by atoms with Crippen LogP contribution in [0.4, 0.5) is 0 Å². The van der Waals surface area contributed by atoms with E-state index in [1.54, 1.807) is 6.20 Å². The number of hydrogen-bond donors (Lipinski definition) is 0. The van der Waals surface area contributed by atoms with E-state index in [4.69, 9.17) is 4.42 Å². The first kappa shape index (κ1) is 9.27. The molecule has 5 heterocycles. The molecule has 0 bridgehead atoms. The predicted molar refractivity (Wildman–Crippen MR) is 67.5 cm³/mol. The lowest BCUT2D eigenvalue weighted by molar-refractivity contribution is -0.651. The van der Waals surface area contributed by atoms with Gasteiger partial charge in [-0.3, -0.25) is 0 Å². The van der Waals surface area contributed by atoms with Crippen LogP contribution < -0.4 is 4.57 Å². The maximum Gasteiger partial charge on any atom is 0.390 e. The molecule has 0 aliphatic carbocycles. The quantitative estimate of drug-likeness (QED) is 0.393. The third-order valence-corrected chi connectivity index (χ3v) is 3.59. The van der Waals surface area contributed by atoms with E-state index in [-0.39, 0.29) is 0 Å². The van der Waals surface area contributed by atoms with E-state index in [0.29, 0.717) is 0 Å². The molecule has 0 saturated carbocycles. The van der Waals surface area contributed by atoms with Crippen LogP contribution in [0, 0.1) is 0 Å². The van der Waals surface area contributed by atoms with Crippen molar-refractivity contribution in [1.29, 1.82) is 0 Å². The largest absolute Gasteiger partial charge is 0.395 e. The van der Waals surface area contributed by atoms with E-state index in [9.17, 15) is 0 Å². The van der Waals surface area contributed by atoms with Crippen molar-refractivity contribution >= 4 is 17.0 Å². The Balaban J connectivity index is 1.93. The summed E-state index contributed by atoms with van der Waals surface area (Å²) in [7, 11) is 0. The second-order valence-corrected chi connectivity index (χ2v) is 4.67. The van der Waals surface area contributed by atoms with Crippen LogP contribution in [0.3, 0.4) is 0 Å². The van der Waals surface area contributed by atoms with E-state index in [1.807, 2.05) is 34.9 Å². The van der Waals surface area contributed by atoms with Crippen LogP contribution >= 0.6 is 0 Å². The second kappa shape index (κ2) is 3.00. The summed E-state index contributed by atoms with van der Waals surface area (Å²) in [6.45, 7) is 0.773. The summed E-state index contributed by atoms with van der Waals surface area (Å²) in [6.07, 6.45) is 3.75. The molecule has 0 radical (unpaired) electrons. The summed E-state index contributed by atoms with van der Waals surface area (Å²) in [4.78, 5) is 9.04. The Bertz CT molecular complexity index is 951. The van der Waals surface area contributed by atoms with Gasteiger partial charge in [0.2, 0.25) is 0 Å². The highest BCUT2D eigenvalue weighted by atomic mass is 16.4. The molecule has 19 heavy (non-hydrogen) atoms. The van der Waals surface area contributed by atoms with Gasteiger partial charge in [-0.25, -0.2) is 9.38 Å². The highest BCUT2D eigenvalue weighted by molar-refractivity contribution is 5.71. The van der Waals surface area contributed by atoms with E-state index >= 15 is 0 Å². The lowest BCUT2D eigenvalue weighted by atomic mass is 10.2. The van der Waals surface area contributed by atoms with Crippen LogP contribution in [-0.4, -0.2) is 14.4 Å². The van der Waals surface area contributed by atoms with Crippen molar-refractivity contribution in [1.82, 2.24) is 14.4 Å². The monoisotopic (exact) mass is 249 g/mol. The van der Waals surface area contributed by atoms with E-state index in [1.165, 1.54) is 5.56 Å². The molecule has 0 unspecified atom stereocenters. The second-order valence-electron chi connectivity index (χ2n) is 4.67. The van der Waals surface area contributed by atoms with Crippen molar-refractivity contribution in [2.45, 2.75) is 6.54 Å². The Labute approximate surface area is 107 Å². The summed E-state index contributed by atoms with van der Waals surface area (Å²) in [5.41, 5.74) is 4.65. The molecule has 5 rings (SSSR count). The van der Waals surface area contributed by atoms with Gasteiger partial charge < -0.3 is 4.42 Å². The maximum atomic E-state index is 5.99. The number of oxazole rings is 1. The van der Waals surface area contributed by atoms with Gasteiger partial charge in [-0.2, -0.15) is 4.57 Å². The van der Waals surface area contributed by atoms with Crippen molar-refractivity contribution in [3.05, 3.63) is 48.3 Å². The number of imidazole rings is 1. The third kappa shape index (κ3) is 1.03. The zero-order valence-corrected chi connectivity index (χ0v) is 9.95. The van der Waals surface area contributed by atoms with Gasteiger partial charge in [-0.1, -0.05) is 12.1 Å². The Morgan fingerprint density at radius 2 is 2.21 bits per heavy atom. The Morgan fingerprint density at radius 3 is 3.21 bits per heavy atom. The smallest absolute Gasteiger partial charge is 0.390 e.